The minimum atomic E-state index is -3.89. The lowest BCUT2D eigenvalue weighted by atomic mass is 10.0. The van der Waals surface area contributed by atoms with Crippen molar-refractivity contribution in [2.75, 3.05) is 11.8 Å². The van der Waals surface area contributed by atoms with Crippen molar-refractivity contribution in [3.05, 3.63) is 53.3 Å². The lowest BCUT2D eigenvalue weighted by molar-refractivity contribution is 0.406. The van der Waals surface area contributed by atoms with Gasteiger partial charge in [-0.1, -0.05) is 26.0 Å². The van der Waals surface area contributed by atoms with Gasteiger partial charge in [-0.15, -0.1) is 0 Å². The van der Waals surface area contributed by atoms with Crippen LogP contribution in [0.5, 0.6) is 5.75 Å². The summed E-state index contributed by atoms with van der Waals surface area (Å²) < 4.78 is 46.6. The van der Waals surface area contributed by atoms with E-state index < -0.39 is 15.8 Å². The van der Waals surface area contributed by atoms with Crippen LogP contribution < -0.4 is 9.46 Å². The van der Waals surface area contributed by atoms with Gasteiger partial charge >= 0.3 is 0 Å². The van der Waals surface area contributed by atoms with Crippen molar-refractivity contribution in [2.24, 2.45) is 0 Å². The Bertz CT molecular complexity index is 817. The molecule has 2 aromatic rings. The molecule has 4 nitrogen and oxygen atoms in total. The molecule has 0 spiro atoms. The van der Waals surface area contributed by atoms with Crippen molar-refractivity contribution < 1.29 is 17.5 Å². The maximum absolute atomic E-state index is 13.7. The molecule has 0 saturated heterocycles. The SMILES string of the molecule is COc1cc(C)c(S(=O)(=O)Nc2ccccc2F)cc1C(C)C. The van der Waals surface area contributed by atoms with Crippen LogP contribution in [0.15, 0.2) is 41.3 Å². The second kappa shape index (κ2) is 6.58. The third-order valence-electron chi connectivity index (χ3n) is 3.56. The first-order chi connectivity index (χ1) is 10.8. The Morgan fingerprint density at radius 1 is 1.17 bits per heavy atom. The Hall–Kier alpha value is -2.08. The van der Waals surface area contributed by atoms with Crippen LogP contribution in [-0.2, 0) is 10.0 Å². The summed E-state index contributed by atoms with van der Waals surface area (Å²) in [6.07, 6.45) is 0. The Balaban J connectivity index is 2.52. The first kappa shape index (κ1) is 17.3. The molecular weight excluding hydrogens is 317 g/mol. The lowest BCUT2D eigenvalue weighted by Crippen LogP contribution is -2.16. The predicted molar refractivity (Wildman–Crippen MR) is 89.0 cm³/mol. The summed E-state index contributed by atoms with van der Waals surface area (Å²) in [6.45, 7) is 5.59. The van der Waals surface area contributed by atoms with Crippen LogP contribution in [0, 0.1) is 12.7 Å². The molecule has 124 valence electrons. The highest BCUT2D eigenvalue weighted by molar-refractivity contribution is 7.92. The molecule has 0 aliphatic heterocycles. The number of methoxy groups -OCH3 is 1. The second-order valence-corrected chi connectivity index (χ2v) is 7.25. The highest BCUT2D eigenvalue weighted by atomic mass is 32.2. The zero-order chi connectivity index (χ0) is 17.2. The fourth-order valence-electron chi connectivity index (χ4n) is 2.34. The van der Waals surface area contributed by atoms with Crippen LogP contribution in [0.1, 0.15) is 30.9 Å². The summed E-state index contributed by atoms with van der Waals surface area (Å²) in [6, 6.07) is 8.94. The number of aryl methyl sites for hydroxylation is 1. The molecule has 0 aliphatic rings. The van der Waals surface area contributed by atoms with E-state index in [2.05, 4.69) is 4.72 Å². The number of rotatable bonds is 5. The van der Waals surface area contributed by atoms with E-state index in [4.69, 9.17) is 4.74 Å². The number of anilines is 1. The number of benzene rings is 2. The molecule has 2 rings (SSSR count). The molecule has 0 unspecified atom stereocenters. The van der Waals surface area contributed by atoms with E-state index in [1.54, 1.807) is 32.2 Å². The summed E-state index contributed by atoms with van der Waals surface area (Å²) in [5.74, 6) is 0.113. The van der Waals surface area contributed by atoms with Gasteiger partial charge in [-0.2, -0.15) is 0 Å². The van der Waals surface area contributed by atoms with Crippen molar-refractivity contribution in [2.45, 2.75) is 31.6 Å². The van der Waals surface area contributed by atoms with Crippen molar-refractivity contribution in [3.8, 4) is 5.75 Å². The van der Waals surface area contributed by atoms with E-state index in [-0.39, 0.29) is 16.5 Å². The monoisotopic (exact) mass is 337 g/mol. The Kier molecular flexibility index (Phi) is 4.94. The molecule has 0 saturated carbocycles. The number of hydrogen-bond donors (Lipinski definition) is 1. The molecule has 0 radical (unpaired) electrons. The third kappa shape index (κ3) is 3.64. The number of halogens is 1. The van der Waals surface area contributed by atoms with Crippen LogP contribution >= 0.6 is 0 Å². The normalized spacial score (nSPS) is 11.6. The third-order valence-corrected chi connectivity index (χ3v) is 5.06. The molecule has 2 aromatic carbocycles. The number of ether oxygens (including phenoxy) is 1. The van der Waals surface area contributed by atoms with Gasteiger partial charge < -0.3 is 4.74 Å². The molecular formula is C17H20FNO3S. The van der Waals surface area contributed by atoms with Crippen LogP contribution in [0.4, 0.5) is 10.1 Å². The van der Waals surface area contributed by atoms with E-state index in [9.17, 15) is 12.8 Å². The van der Waals surface area contributed by atoms with E-state index in [0.717, 1.165) is 5.56 Å². The molecule has 1 N–H and O–H groups in total. The molecule has 0 bridgehead atoms. The van der Waals surface area contributed by atoms with E-state index >= 15 is 0 Å². The van der Waals surface area contributed by atoms with E-state index in [0.29, 0.717) is 11.3 Å². The Morgan fingerprint density at radius 3 is 2.39 bits per heavy atom. The fraction of sp³-hybridized carbons (Fsp3) is 0.294. The zero-order valence-corrected chi connectivity index (χ0v) is 14.4. The van der Waals surface area contributed by atoms with Crippen molar-refractivity contribution in [1.82, 2.24) is 0 Å². The van der Waals surface area contributed by atoms with Gasteiger partial charge in [-0.05, 0) is 48.2 Å². The van der Waals surface area contributed by atoms with Gasteiger partial charge in [-0.25, -0.2) is 12.8 Å². The fourth-order valence-corrected chi connectivity index (χ4v) is 3.67. The second-order valence-electron chi connectivity index (χ2n) is 5.60. The molecule has 0 atom stereocenters. The van der Waals surface area contributed by atoms with Gasteiger partial charge in [-0.3, -0.25) is 4.72 Å². The van der Waals surface area contributed by atoms with Crippen LogP contribution in [-0.4, -0.2) is 15.5 Å². The Morgan fingerprint density at radius 2 is 1.83 bits per heavy atom. The molecule has 0 aliphatic carbocycles. The van der Waals surface area contributed by atoms with Gasteiger partial charge in [0.15, 0.2) is 0 Å². The average Bonchev–Trinajstić information content (AvgIpc) is 2.48. The van der Waals surface area contributed by atoms with Crippen molar-refractivity contribution in [1.29, 1.82) is 0 Å². The molecule has 6 heteroatoms. The first-order valence-electron chi connectivity index (χ1n) is 7.22. The lowest BCUT2D eigenvalue weighted by Gasteiger charge is -2.17. The standard InChI is InChI=1S/C17H20FNO3S/c1-11(2)13-10-17(12(3)9-16(13)22-4)23(20,21)19-15-8-6-5-7-14(15)18/h5-11,19H,1-4H3. The van der Waals surface area contributed by atoms with Crippen molar-refractivity contribution in [3.63, 3.8) is 0 Å². The molecule has 23 heavy (non-hydrogen) atoms. The highest BCUT2D eigenvalue weighted by Gasteiger charge is 2.22. The topological polar surface area (TPSA) is 55.4 Å². The number of sulfonamides is 1. The number of para-hydroxylation sites is 1. The maximum atomic E-state index is 13.7. The predicted octanol–water partition coefficient (Wildman–Crippen LogP) is 4.07. The van der Waals surface area contributed by atoms with Crippen LogP contribution in [0.25, 0.3) is 0 Å². The quantitative estimate of drug-likeness (QED) is 0.895. The molecule has 0 fully saturated rings. The maximum Gasteiger partial charge on any atom is 0.262 e. The summed E-state index contributed by atoms with van der Waals surface area (Å²) in [4.78, 5) is 0.116. The van der Waals surface area contributed by atoms with Gasteiger partial charge in [0.1, 0.15) is 11.6 Å². The summed E-state index contributed by atoms with van der Waals surface area (Å²) >= 11 is 0. The minimum Gasteiger partial charge on any atom is -0.496 e. The smallest absolute Gasteiger partial charge is 0.262 e. The van der Waals surface area contributed by atoms with Gasteiger partial charge in [0.2, 0.25) is 0 Å². The molecule has 0 aromatic heterocycles. The van der Waals surface area contributed by atoms with E-state index in [1.807, 2.05) is 13.8 Å². The molecule has 0 heterocycles. The first-order valence-corrected chi connectivity index (χ1v) is 8.70. The number of nitrogens with one attached hydrogen (secondary N) is 1. The zero-order valence-electron chi connectivity index (χ0n) is 13.6. The van der Waals surface area contributed by atoms with E-state index in [1.165, 1.54) is 18.2 Å². The van der Waals surface area contributed by atoms with Crippen LogP contribution in [0.2, 0.25) is 0 Å². The summed E-state index contributed by atoms with van der Waals surface area (Å²) in [5.41, 5.74) is 1.25. The highest BCUT2D eigenvalue weighted by Crippen LogP contribution is 2.32. The number of hydrogen-bond acceptors (Lipinski definition) is 3. The average molecular weight is 337 g/mol. The minimum absolute atomic E-state index is 0.0752. The van der Waals surface area contributed by atoms with Gasteiger partial charge in [0.25, 0.3) is 10.0 Å². The van der Waals surface area contributed by atoms with Gasteiger partial charge in [0.05, 0.1) is 17.7 Å². The summed E-state index contributed by atoms with van der Waals surface area (Å²) in [5, 5.41) is 0. The van der Waals surface area contributed by atoms with Crippen molar-refractivity contribution >= 4 is 15.7 Å². The van der Waals surface area contributed by atoms with Crippen LogP contribution in [0.3, 0.4) is 0 Å². The summed E-state index contributed by atoms with van der Waals surface area (Å²) in [7, 11) is -2.35. The van der Waals surface area contributed by atoms with Gasteiger partial charge in [0, 0.05) is 0 Å². The molecule has 0 amide bonds. The Labute approximate surface area is 136 Å². The largest absolute Gasteiger partial charge is 0.496 e.